The molecule has 0 spiro atoms. The Kier molecular flexibility index (Phi) is 8.19. The van der Waals surface area contributed by atoms with Crippen LogP contribution in [0.5, 0.6) is 0 Å². The number of hydrogen-bond acceptors (Lipinski definition) is 2. The molecule has 5 heteroatoms. The van der Waals surface area contributed by atoms with Crippen molar-refractivity contribution in [1.82, 2.24) is 10.6 Å². The Morgan fingerprint density at radius 3 is 2.29 bits per heavy atom. The van der Waals surface area contributed by atoms with Crippen molar-refractivity contribution in [2.24, 2.45) is 5.92 Å². The molecule has 0 saturated heterocycles. The van der Waals surface area contributed by atoms with E-state index in [0.717, 1.165) is 12.8 Å². The highest BCUT2D eigenvalue weighted by molar-refractivity contribution is 5.74. The largest absolute Gasteiger partial charge is 0.481 e. The van der Waals surface area contributed by atoms with Gasteiger partial charge in [0.2, 0.25) is 0 Å². The minimum atomic E-state index is -0.763. The van der Waals surface area contributed by atoms with Gasteiger partial charge in [0, 0.05) is 19.0 Å². The van der Waals surface area contributed by atoms with E-state index in [1.165, 1.54) is 0 Å². The van der Waals surface area contributed by atoms with E-state index in [1.807, 2.05) is 6.92 Å². The third kappa shape index (κ3) is 9.66. The van der Waals surface area contributed by atoms with Gasteiger partial charge in [-0.15, -0.1) is 0 Å². The third-order valence-corrected chi connectivity index (χ3v) is 2.71. The number of nitrogens with one attached hydrogen (secondary N) is 2. The molecule has 0 radical (unpaired) electrons. The normalized spacial score (nSPS) is 12.2. The van der Waals surface area contributed by atoms with Crippen LogP contribution < -0.4 is 10.6 Å². The second-order valence-electron chi connectivity index (χ2n) is 4.64. The summed E-state index contributed by atoms with van der Waals surface area (Å²) in [6, 6.07) is 0.00597. The van der Waals surface area contributed by atoms with E-state index in [1.54, 1.807) is 0 Å². The molecule has 17 heavy (non-hydrogen) atoms. The number of urea groups is 1. The van der Waals surface area contributed by atoms with Gasteiger partial charge in [0.05, 0.1) is 0 Å². The number of carboxylic acid groups (broad SMARTS) is 1. The summed E-state index contributed by atoms with van der Waals surface area (Å²) in [7, 11) is 0. The molecule has 1 unspecified atom stereocenters. The number of carboxylic acids is 1. The summed E-state index contributed by atoms with van der Waals surface area (Å²) < 4.78 is 0. The predicted octanol–water partition coefficient (Wildman–Crippen LogP) is 1.98. The summed E-state index contributed by atoms with van der Waals surface area (Å²) in [5.41, 5.74) is 0. The molecule has 0 fully saturated rings. The van der Waals surface area contributed by atoms with Crippen LogP contribution in [0.2, 0.25) is 0 Å². The lowest BCUT2D eigenvalue weighted by molar-refractivity contribution is -0.137. The van der Waals surface area contributed by atoms with E-state index in [-0.39, 0.29) is 18.5 Å². The van der Waals surface area contributed by atoms with Gasteiger partial charge < -0.3 is 15.7 Å². The van der Waals surface area contributed by atoms with Crippen molar-refractivity contribution in [1.29, 1.82) is 0 Å². The topological polar surface area (TPSA) is 78.4 Å². The third-order valence-electron chi connectivity index (χ3n) is 2.71. The molecule has 5 nitrogen and oxygen atoms in total. The lowest BCUT2D eigenvalue weighted by atomic mass is 10.1. The van der Waals surface area contributed by atoms with Crippen molar-refractivity contribution in [3.05, 3.63) is 0 Å². The average Bonchev–Trinajstić information content (AvgIpc) is 2.22. The number of hydrogen-bond donors (Lipinski definition) is 3. The molecular formula is C12H24N2O3. The van der Waals surface area contributed by atoms with Gasteiger partial charge in [0.1, 0.15) is 0 Å². The molecule has 3 N–H and O–H groups in total. The van der Waals surface area contributed by atoms with Crippen LogP contribution in [0.25, 0.3) is 0 Å². The van der Waals surface area contributed by atoms with E-state index in [4.69, 9.17) is 5.11 Å². The molecule has 0 saturated carbocycles. The number of amides is 2. The van der Waals surface area contributed by atoms with Gasteiger partial charge in [-0.2, -0.15) is 0 Å². The van der Waals surface area contributed by atoms with E-state index in [9.17, 15) is 9.59 Å². The fourth-order valence-electron chi connectivity index (χ4n) is 1.20. The Hall–Kier alpha value is -1.26. The van der Waals surface area contributed by atoms with Crippen LogP contribution in [-0.2, 0) is 4.79 Å². The fraction of sp³-hybridized carbons (Fsp3) is 0.833. The summed E-state index contributed by atoms with van der Waals surface area (Å²) in [6.07, 6.45) is 2.51. The maximum atomic E-state index is 11.4. The second kappa shape index (κ2) is 8.84. The van der Waals surface area contributed by atoms with Crippen LogP contribution in [0.1, 0.15) is 46.5 Å². The molecule has 0 aliphatic heterocycles. The first-order chi connectivity index (χ1) is 7.93. The first-order valence-electron chi connectivity index (χ1n) is 6.19. The van der Waals surface area contributed by atoms with E-state index < -0.39 is 5.97 Å². The zero-order valence-electron chi connectivity index (χ0n) is 11.0. The fourth-order valence-corrected chi connectivity index (χ4v) is 1.20. The van der Waals surface area contributed by atoms with E-state index >= 15 is 0 Å². The molecule has 0 aliphatic carbocycles. The highest BCUT2D eigenvalue weighted by atomic mass is 16.4. The van der Waals surface area contributed by atoms with Crippen molar-refractivity contribution in [3.63, 3.8) is 0 Å². The van der Waals surface area contributed by atoms with E-state index in [2.05, 4.69) is 24.5 Å². The Morgan fingerprint density at radius 2 is 1.76 bits per heavy atom. The van der Waals surface area contributed by atoms with Gasteiger partial charge in [-0.3, -0.25) is 4.79 Å². The predicted molar refractivity (Wildman–Crippen MR) is 66.9 cm³/mol. The summed E-state index contributed by atoms with van der Waals surface area (Å²) in [5.74, 6) is -0.349. The van der Waals surface area contributed by atoms with Gasteiger partial charge in [0.15, 0.2) is 0 Å². The standard InChI is InChI=1S/C12H24N2O3/c1-9(2)10(3)14-12(17)13-8-6-4-5-7-11(15)16/h9-10H,4-8H2,1-3H3,(H,15,16)(H2,13,14,17). The molecule has 2 amide bonds. The second-order valence-corrected chi connectivity index (χ2v) is 4.64. The van der Waals surface area contributed by atoms with Crippen molar-refractivity contribution in [2.75, 3.05) is 6.54 Å². The van der Waals surface area contributed by atoms with E-state index in [0.29, 0.717) is 18.9 Å². The molecule has 100 valence electrons. The molecule has 0 aromatic heterocycles. The molecule has 0 aromatic rings. The summed E-state index contributed by atoms with van der Waals surface area (Å²) in [4.78, 5) is 21.6. The van der Waals surface area contributed by atoms with Crippen molar-refractivity contribution in [3.8, 4) is 0 Å². The first kappa shape index (κ1) is 15.7. The molecule has 1 atom stereocenters. The maximum Gasteiger partial charge on any atom is 0.315 e. The van der Waals surface area contributed by atoms with Crippen molar-refractivity contribution < 1.29 is 14.7 Å². The Labute approximate surface area is 103 Å². The number of carbonyl (C=O) groups excluding carboxylic acids is 1. The minimum Gasteiger partial charge on any atom is -0.481 e. The van der Waals surface area contributed by atoms with Crippen molar-refractivity contribution in [2.45, 2.75) is 52.5 Å². The van der Waals surface area contributed by atoms with Gasteiger partial charge in [-0.05, 0) is 25.7 Å². The lowest BCUT2D eigenvalue weighted by Gasteiger charge is -2.17. The van der Waals surface area contributed by atoms with Crippen LogP contribution in [0.4, 0.5) is 4.79 Å². The Balaban J connectivity index is 3.42. The van der Waals surface area contributed by atoms with Gasteiger partial charge in [-0.1, -0.05) is 20.3 Å². The summed E-state index contributed by atoms with van der Waals surface area (Å²) in [5, 5.41) is 14.0. The van der Waals surface area contributed by atoms with Crippen LogP contribution in [0, 0.1) is 5.92 Å². The highest BCUT2D eigenvalue weighted by Gasteiger charge is 2.09. The molecule has 0 heterocycles. The maximum absolute atomic E-state index is 11.4. The minimum absolute atomic E-state index is 0.149. The lowest BCUT2D eigenvalue weighted by Crippen LogP contribution is -2.43. The number of rotatable bonds is 8. The SMILES string of the molecule is CC(C)C(C)NC(=O)NCCCCCC(=O)O. The zero-order chi connectivity index (χ0) is 13.3. The quantitative estimate of drug-likeness (QED) is 0.571. The summed E-state index contributed by atoms with van der Waals surface area (Å²) >= 11 is 0. The van der Waals surface area contributed by atoms with Crippen LogP contribution in [0.15, 0.2) is 0 Å². The molecule has 0 rings (SSSR count). The van der Waals surface area contributed by atoms with Gasteiger partial charge >= 0.3 is 12.0 Å². The Morgan fingerprint density at radius 1 is 1.12 bits per heavy atom. The van der Waals surface area contributed by atoms with Crippen LogP contribution in [0.3, 0.4) is 0 Å². The van der Waals surface area contributed by atoms with Crippen LogP contribution >= 0.6 is 0 Å². The molecular weight excluding hydrogens is 220 g/mol. The zero-order valence-corrected chi connectivity index (χ0v) is 11.0. The number of aliphatic carboxylic acids is 1. The van der Waals surface area contributed by atoms with Gasteiger partial charge in [-0.25, -0.2) is 4.79 Å². The molecule has 0 aromatic carbocycles. The average molecular weight is 244 g/mol. The summed E-state index contributed by atoms with van der Waals surface area (Å²) in [6.45, 7) is 6.67. The molecule has 0 aliphatic rings. The smallest absolute Gasteiger partial charge is 0.315 e. The van der Waals surface area contributed by atoms with Crippen molar-refractivity contribution >= 4 is 12.0 Å². The number of unbranched alkanes of at least 4 members (excludes halogenated alkanes) is 2. The number of carbonyl (C=O) groups is 2. The van der Waals surface area contributed by atoms with Gasteiger partial charge in [0.25, 0.3) is 0 Å². The molecule has 0 bridgehead atoms. The van der Waals surface area contributed by atoms with Crippen LogP contribution in [-0.4, -0.2) is 29.7 Å². The Bertz CT molecular complexity index is 242. The monoisotopic (exact) mass is 244 g/mol. The highest BCUT2D eigenvalue weighted by Crippen LogP contribution is 2.00. The first-order valence-corrected chi connectivity index (χ1v) is 6.19.